The predicted molar refractivity (Wildman–Crippen MR) is 105 cm³/mol. The van der Waals surface area contributed by atoms with Crippen molar-refractivity contribution in [3.8, 4) is 17.4 Å². The van der Waals surface area contributed by atoms with Gasteiger partial charge >= 0.3 is 6.01 Å². The molecule has 0 radical (unpaired) electrons. The Balaban J connectivity index is 1.85. The lowest BCUT2D eigenvalue weighted by molar-refractivity contribution is 0.0742. The van der Waals surface area contributed by atoms with Gasteiger partial charge in [-0.1, -0.05) is 35.9 Å². The van der Waals surface area contributed by atoms with Crippen LogP contribution in [0.5, 0.6) is 6.01 Å². The van der Waals surface area contributed by atoms with Gasteiger partial charge in [0.1, 0.15) is 0 Å². The molecule has 1 atom stereocenters. The first-order valence-corrected chi connectivity index (χ1v) is 8.86. The summed E-state index contributed by atoms with van der Waals surface area (Å²) in [7, 11) is 5.09. The molecule has 0 aliphatic heterocycles. The molecule has 7 heteroatoms. The summed E-state index contributed by atoms with van der Waals surface area (Å²) in [6.07, 6.45) is 0. The monoisotopic (exact) mass is 384 g/mol. The molecule has 0 unspecified atom stereocenters. The van der Waals surface area contributed by atoms with Crippen molar-refractivity contribution in [3.63, 3.8) is 0 Å². The minimum atomic E-state index is -0.0912. The molecule has 6 nitrogen and oxygen atoms in total. The number of aromatic nitrogens is 3. The van der Waals surface area contributed by atoms with E-state index in [2.05, 4.69) is 10.1 Å². The van der Waals surface area contributed by atoms with E-state index in [-0.39, 0.29) is 11.9 Å². The molecular weight excluding hydrogens is 364 g/mol. The van der Waals surface area contributed by atoms with Crippen molar-refractivity contribution in [2.45, 2.75) is 13.0 Å². The maximum absolute atomic E-state index is 13.0. The van der Waals surface area contributed by atoms with E-state index in [1.807, 2.05) is 43.3 Å². The number of rotatable bonds is 5. The van der Waals surface area contributed by atoms with E-state index in [1.165, 1.54) is 0 Å². The van der Waals surface area contributed by atoms with Crippen molar-refractivity contribution < 1.29 is 9.53 Å². The van der Waals surface area contributed by atoms with Gasteiger partial charge in [-0.3, -0.25) is 4.79 Å². The second kappa shape index (κ2) is 7.80. The smallest absolute Gasteiger partial charge is 0.314 e. The van der Waals surface area contributed by atoms with Gasteiger partial charge in [-0.05, 0) is 36.8 Å². The molecule has 3 rings (SSSR count). The molecule has 0 saturated heterocycles. The van der Waals surface area contributed by atoms with Crippen LogP contribution in [-0.2, 0) is 7.05 Å². The number of benzene rings is 2. The quantitative estimate of drug-likeness (QED) is 0.667. The summed E-state index contributed by atoms with van der Waals surface area (Å²) in [6, 6.07) is 15.1. The zero-order valence-corrected chi connectivity index (χ0v) is 16.4. The number of hydrogen-bond acceptors (Lipinski definition) is 4. The zero-order valence-electron chi connectivity index (χ0n) is 15.7. The summed E-state index contributed by atoms with van der Waals surface area (Å²) < 4.78 is 6.71. The van der Waals surface area contributed by atoms with Crippen LogP contribution in [0.1, 0.15) is 28.9 Å². The maximum atomic E-state index is 13.0. The van der Waals surface area contributed by atoms with E-state index in [0.29, 0.717) is 22.4 Å². The third kappa shape index (κ3) is 3.95. The first-order valence-electron chi connectivity index (χ1n) is 8.48. The molecule has 3 aromatic rings. The third-order valence-corrected chi connectivity index (χ3v) is 4.78. The molecule has 2 aromatic carbocycles. The van der Waals surface area contributed by atoms with Crippen LogP contribution >= 0.6 is 11.6 Å². The van der Waals surface area contributed by atoms with Crippen molar-refractivity contribution >= 4 is 17.5 Å². The van der Waals surface area contributed by atoms with Gasteiger partial charge in [-0.25, -0.2) is 4.68 Å². The van der Waals surface area contributed by atoms with Crippen LogP contribution in [0.15, 0.2) is 48.5 Å². The summed E-state index contributed by atoms with van der Waals surface area (Å²) >= 11 is 5.95. The van der Waals surface area contributed by atoms with Crippen molar-refractivity contribution in [2.75, 3.05) is 14.2 Å². The standard InChI is InChI=1S/C20H21ClN4O2/c1-13(14-8-10-17(21)11-9-14)24(2)19(26)16-7-5-6-15(12-16)18-22-20(27-4)25(3)23-18/h5-13H,1-4H3/t13-/m0/s1. The molecule has 140 valence electrons. The van der Waals surface area contributed by atoms with E-state index in [1.54, 1.807) is 42.9 Å². The van der Waals surface area contributed by atoms with Crippen LogP contribution in [0.4, 0.5) is 0 Å². The Morgan fingerprint density at radius 2 is 1.93 bits per heavy atom. The van der Waals surface area contributed by atoms with Crippen LogP contribution in [0, 0.1) is 0 Å². The number of carbonyl (C=O) groups is 1. The fraction of sp³-hybridized carbons (Fsp3) is 0.250. The van der Waals surface area contributed by atoms with Crippen molar-refractivity contribution in [1.82, 2.24) is 19.7 Å². The lowest BCUT2D eigenvalue weighted by Gasteiger charge is -2.25. The maximum Gasteiger partial charge on any atom is 0.314 e. The Morgan fingerprint density at radius 3 is 2.56 bits per heavy atom. The van der Waals surface area contributed by atoms with Gasteiger partial charge in [-0.15, -0.1) is 5.10 Å². The number of carbonyl (C=O) groups excluding carboxylic acids is 1. The molecule has 0 fully saturated rings. The van der Waals surface area contributed by atoms with E-state index in [9.17, 15) is 4.79 Å². The summed E-state index contributed by atoms with van der Waals surface area (Å²) in [6.45, 7) is 1.98. The molecule has 27 heavy (non-hydrogen) atoms. The molecular formula is C20H21ClN4O2. The second-order valence-corrected chi connectivity index (χ2v) is 6.71. The fourth-order valence-electron chi connectivity index (χ4n) is 2.81. The normalized spacial score (nSPS) is 11.9. The molecule has 1 heterocycles. The van der Waals surface area contributed by atoms with E-state index >= 15 is 0 Å². The van der Waals surface area contributed by atoms with Crippen LogP contribution in [0.3, 0.4) is 0 Å². The molecule has 0 spiro atoms. The average molecular weight is 385 g/mol. The molecule has 0 bridgehead atoms. The van der Waals surface area contributed by atoms with Gasteiger partial charge in [0.2, 0.25) is 0 Å². The third-order valence-electron chi connectivity index (χ3n) is 4.53. The number of hydrogen-bond donors (Lipinski definition) is 0. The first-order chi connectivity index (χ1) is 12.9. The highest BCUT2D eigenvalue weighted by atomic mass is 35.5. The van der Waals surface area contributed by atoms with E-state index < -0.39 is 0 Å². The van der Waals surface area contributed by atoms with Gasteiger partial charge in [-0.2, -0.15) is 4.98 Å². The van der Waals surface area contributed by atoms with Crippen molar-refractivity contribution in [1.29, 1.82) is 0 Å². The van der Waals surface area contributed by atoms with Crippen LogP contribution < -0.4 is 4.74 Å². The number of aryl methyl sites for hydroxylation is 1. The second-order valence-electron chi connectivity index (χ2n) is 6.27. The van der Waals surface area contributed by atoms with Gasteiger partial charge in [0.15, 0.2) is 5.82 Å². The van der Waals surface area contributed by atoms with Crippen molar-refractivity contribution in [2.24, 2.45) is 7.05 Å². The molecule has 1 aromatic heterocycles. The first kappa shape index (κ1) is 18.9. The molecule has 1 amide bonds. The van der Waals surface area contributed by atoms with Gasteiger partial charge in [0, 0.05) is 30.2 Å². The number of amides is 1. The summed E-state index contributed by atoms with van der Waals surface area (Å²) in [4.78, 5) is 19.0. The minimum Gasteiger partial charge on any atom is -0.467 e. The molecule has 0 aliphatic carbocycles. The summed E-state index contributed by atoms with van der Waals surface area (Å²) in [5.41, 5.74) is 2.34. The number of nitrogens with zero attached hydrogens (tertiary/aromatic N) is 4. The molecule has 0 aliphatic rings. The van der Waals surface area contributed by atoms with Crippen LogP contribution in [-0.4, -0.2) is 39.7 Å². The Morgan fingerprint density at radius 1 is 1.22 bits per heavy atom. The highest BCUT2D eigenvalue weighted by Gasteiger charge is 2.20. The number of methoxy groups -OCH3 is 1. The summed E-state index contributed by atoms with van der Waals surface area (Å²) in [5, 5.41) is 5.00. The predicted octanol–water partition coefficient (Wildman–Crippen LogP) is 3.98. The van der Waals surface area contributed by atoms with Crippen LogP contribution in [0.2, 0.25) is 5.02 Å². The highest BCUT2D eigenvalue weighted by molar-refractivity contribution is 6.30. The number of ether oxygens (including phenoxy) is 1. The highest BCUT2D eigenvalue weighted by Crippen LogP contribution is 2.24. The Hall–Kier alpha value is -2.86. The fourth-order valence-corrected chi connectivity index (χ4v) is 2.93. The Bertz CT molecular complexity index is 953. The average Bonchev–Trinajstić information content (AvgIpc) is 3.07. The largest absolute Gasteiger partial charge is 0.467 e. The Labute approximate surface area is 163 Å². The van der Waals surface area contributed by atoms with E-state index in [4.69, 9.17) is 16.3 Å². The topological polar surface area (TPSA) is 60.2 Å². The van der Waals surface area contributed by atoms with Crippen LogP contribution in [0.25, 0.3) is 11.4 Å². The lowest BCUT2D eigenvalue weighted by Crippen LogP contribution is -2.29. The van der Waals surface area contributed by atoms with Crippen molar-refractivity contribution in [3.05, 3.63) is 64.7 Å². The number of halogens is 1. The summed E-state index contributed by atoms with van der Waals surface area (Å²) in [5.74, 6) is 0.430. The molecule has 0 saturated carbocycles. The van der Waals surface area contributed by atoms with E-state index in [0.717, 1.165) is 11.1 Å². The SMILES string of the molecule is COc1nc(-c2cccc(C(=O)N(C)[C@@H](C)c3ccc(Cl)cc3)c2)nn1C. The van der Waals surface area contributed by atoms with Gasteiger partial charge in [0.25, 0.3) is 5.91 Å². The lowest BCUT2D eigenvalue weighted by atomic mass is 10.1. The van der Waals surface area contributed by atoms with Gasteiger partial charge < -0.3 is 9.64 Å². The molecule has 0 N–H and O–H groups in total. The Kier molecular flexibility index (Phi) is 5.46. The zero-order chi connectivity index (χ0) is 19.6. The minimum absolute atomic E-state index is 0.0813. The van der Waals surface area contributed by atoms with Gasteiger partial charge in [0.05, 0.1) is 13.2 Å².